The Balaban J connectivity index is 1.21. The standard InChI is InChI=1S/C33H37N3O10/c1-2-25-20-36(32(40)34-30(25)35-33(41)45-18-10-16-43-22-24-13-7-4-8-14-24)31-29(39)28(38)26(46-31)19-27(37)44-17-9-15-42-21-23-11-5-3-6-12-23/h1,3-8,11-14,20,26,28-29,31,38-39H,9-10,15-19,21-22H2,(H,34,35,40,41)/t26-,28-,29-,31-/m1/s1. The van der Waals surface area contributed by atoms with Crippen LogP contribution in [-0.4, -0.2) is 76.6 Å². The van der Waals surface area contributed by atoms with Crippen LogP contribution in [0.25, 0.3) is 0 Å². The second-order valence-electron chi connectivity index (χ2n) is 10.4. The van der Waals surface area contributed by atoms with Crippen molar-refractivity contribution in [3.8, 4) is 12.3 Å². The lowest BCUT2D eigenvalue weighted by atomic mass is 10.1. The Morgan fingerprint density at radius 2 is 1.48 bits per heavy atom. The molecule has 46 heavy (non-hydrogen) atoms. The summed E-state index contributed by atoms with van der Waals surface area (Å²) in [5.74, 6) is 1.43. The van der Waals surface area contributed by atoms with Gasteiger partial charge in [0, 0.05) is 19.0 Å². The lowest BCUT2D eigenvalue weighted by Crippen LogP contribution is -2.36. The zero-order chi connectivity index (χ0) is 32.7. The Bertz CT molecular complexity index is 1510. The molecule has 3 aromatic rings. The predicted molar refractivity (Wildman–Crippen MR) is 164 cm³/mol. The molecular weight excluding hydrogens is 598 g/mol. The molecule has 3 N–H and O–H groups in total. The molecule has 0 aliphatic carbocycles. The number of aliphatic hydroxyl groups excluding tert-OH is 2. The zero-order valence-electron chi connectivity index (χ0n) is 25.2. The average Bonchev–Trinajstić information content (AvgIpc) is 3.33. The number of carbonyl (C=O) groups excluding carboxylic acids is 2. The molecule has 13 heteroatoms. The molecule has 0 bridgehead atoms. The summed E-state index contributed by atoms with van der Waals surface area (Å²) in [6.45, 7) is 1.77. The number of hydrogen-bond acceptors (Lipinski definition) is 11. The van der Waals surface area contributed by atoms with Crippen molar-refractivity contribution in [2.45, 2.75) is 57.0 Å². The highest BCUT2D eigenvalue weighted by Gasteiger charge is 2.45. The van der Waals surface area contributed by atoms with Gasteiger partial charge in [-0.1, -0.05) is 66.6 Å². The number of esters is 1. The third-order valence-electron chi connectivity index (χ3n) is 6.89. The Morgan fingerprint density at radius 1 is 0.891 bits per heavy atom. The van der Waals surface area contributed by atoms with E-state index in [2.05, 4.69) is 16.2 Å². The van der Waals surface area contributed by atoms with Crippen molar-refractivity contribution in [3.05, 3.63) is 94.0 Å². The maximum atomic E-state index is 12.8. The predicted octanol–water partition coefficient (Wildman–Crippen LogP) is 2.54. The number of rotatable bonds is 16. The van der Waals surface area contributed by atoms with E-state index >= 15 is 0 Å². The van der Waals surface area contributed by atoms with Gasteiger partial charge >= 0.3 is 17.8 Å². The minimum absolute atomic E-state index is 0.00891. The van der Waals surface area contributed by atoms with E-state index in [1.807, 2.05) is 60.7 Å². The minimum Gasteiger partial charge on any atom is -0.466 e. The van der Waals surface area contributed by atoms with Crippen LogP contribution in [-0.2, 0) is 41.7 Å². The van der Waals surface area contributed by atoms with Crippen molar-refractivity contribution in [1.82, 2.24) is 9.55 Å². The Labute approximate surface area is 266 Å². The second kappa shape index (κ2) is 17.8. The molecule has 4 rings (SSSR count). The van der Waals surface area contributed by atoms with Gasteiger partial charge in [-0.2, -0.15) is 4.98 Å². The number of aliphatic hydroxyl groups is 2. The maximum absolute atomic E-state index is 12.8. The topological polar surface area (TPSA) is 168 Å². The molecule has 1 aliphatic heterocycles. The summed E-state index contributed by atoms with van der Waals surface area (Å²) in [6.07, 6.45) is 0.737. The van der Waals surface area contributed by atoms with Gasteiger partial charge in [0.25, 0.3) is 0 Å². The fraction of sp³-hybridized carbons (Fsp3) is 0.394. The van der Waals surface area contributed by atoms with Gasteiger partial charge in [-0.15, -0.1) is 6.42 Å². The van der Waals surface area contributed by atoms with Gasteiger partial charge in [-0.3, -0.25) is 14.7 Å². The second-order valence-corrected chi connectivity index (χ2v) is 10.4. The minimum atomic E-state index is -1.58. The van der Waals surface area contributed by atoms with Crippen molar-refractivity contribution >= 4 is 17.9 Å². The number of hydrogen-bond donors (Lipinski definition) is 3. The third-order valence-corrected chi connectivity index (χ3v) is 6.89. The van der Waals surface area contributed by atoms with Crippen LogP contribution < -0.4 is 11.0 Å². The average molecular weight is 636 g/mol. The highest BCUT2D eigenvalue weighted by Crippen LogP contribution is 2.31. The molecule has 244 valence electrons. The lowest BCUT2D eigenvalue weighted by Gasteiger charge is -2.18. The Hall–Kier alpha value is -4.58. The summed E-state index contributed by atoms with van der Waals surface area (Å²) in [6, 6.07) is 19.3. The van der Waals surface area contributed by atoms with Gasteiger partial charge < -0.3 is 33.9 Å². The molecule has 1 fully saturated rings. The summed E-state index contributed by atoms with van der Waals surface area (Å²) in [5, 5.41) is 23.5. The lowest BCUT2D eigenvalue weighted by molar-refractivity contribution is -0.149. The third kappa shape index (κ3) is 10.2. The van der Waals surface area contributed by atoms with Gasteiger partial charge in [-0.05, 0) is 11.1 Å². The number of aromatic nitrogens is 2. The van der Waals surface area contributed by atoms with Gasteiger partial charge in [0.1, 0.15) is 12.2 Å². The van der Waals surface area contributed by atoms with E-state index in [-0.39, 0.29) is 31.0 Å². The number of benzene rings is 2. The van der Waals surface area contributed by atoms with E-state index in [9.17, 15) is 24.6 Å². The van der Waals surface area contributed by atoms with Crippen molar-refractivity contribution < 1.29 is 43.5 Å². The number of terminal acetylenes is 1. The van der Waals surface area contributed by atoms with Gasteiger partial charge in [-0.25, -0.2) is 9.59 Å². The van der Waals surface area contributed by atoms with Crippen molar-refractivity contribution in [3.63, 3.8) is 0 Å². The number of nitrogens with zero attached hydrogens (tertiary/aromatic N) is 2. The highest BCUT2D eigenvalue weighted by atomic mass is 16.6. The normalized spacial score (nSPS) is 18.9. The quantitative estimate of drug-likeness (QED) is 0.120. The molecule has 0 saturated carbocycles. The molecule has 0 spiro atoms. The first-order valence-electron chi connectivity index (χ1n) is 14.8. The molecule has 2 heterocycles. The number of amides is 1. The number of ether oxygens (including phenoxy) is 5. The van der Waals surface area contributed by atoms with Crippen LogP contribution in [0.15, 0.2) is 71.7 Å². The Morgan fingerprint density at radius 3 is 2.07 bits per heavy atom. The SMILES string of the molecule is C#Cc1cn([C@@H]2O[C@H](CC(=O)OCCCOCc3ccccc3)[C@@H](O)[C@H]2O)c(=O)nc1NC(=O)OCCCOCc1ccccc1. The van der Waals surface area contributed by atoms with E-state index < -0.39 is 42.3 Å². The number of nitrogens with one attached hydrogen (secondary N) is 1. The zero-order valence-corrected chi connectivity index (χ0v) is 25.2. The first-order chi connectivity index (χ1) is 22.4. The largest absolute Gasteiger partial charge is 0.466 e. The number of anilines is 1. The maximum Gasteiger partial charge on any atom is 0.412 e. The summed E-state index contributed by atoms with van der Waals surface area (Å²) in [5.41, 5.74) is 1.12. The molecule has 0 radical (unpaired) electrons. The van der Waals surface area contributed by atoms with Gasteiger partial charge in [0.15, 0.2) is 12.0 Å². The molecule has 2 aromatic carbocycles. The molecule has 4 atom stereocenters. The van der Waals surface area contributed by atoms with Crippen LogP contribution in [0.3, 0.4) is 0 Å². The smallest absolute Gasteiger partial charge is 0.412 e. The van der Waals surface area contributed by atoms with Crippen molar-refractivity contribution in [2.75, 3.05) is 31.7 Å². The van der Waals surface area contributed by atoms with Crippen LogP contribution in [0, 0.1) is 12.3 Å². The van der Waals surface area contributed by atoms with E-state index in [1.165, 1.54) is 0 Å². The van der Waals surface area contributed by atoms with Crippen LogP contribution in [0.2, 0.25) is 0 Å². The summed E-state index contributed by atoms with van der Waals surface area (Å²) in [7, 11) is 0. The van der Waals surface area contributed by atoms with E-state index in [4.69, 9.17) is 30.1 Å². The van der Waals surface area contributed by atoms with Crippen molar-refractivity contribution in [2.24, 2.45) is 0 Å². The first-order valence-corrected chi connectivity index (χ1v) is 14.8. The van der Waals surface area contributed by atoms with Crippen LogP contribution in [0.1, 0.15) is 42.2 Å². The first kappa shape index (κ1) is 34.3. The fourth-order valence-electron chi connectivity index (χ4n) is 4.54. The van der Waals surface area contributed by atoms with E-state index in [0.29, 0.717) is 39.3 Å². The molecular formula is C33H37N3O10. The summed E-state index contributed by atoms with van der Waals surface area (Å²) < 4.78 is 28.0. The molecule has 13 nitrogen and oxygen atoms in total. The fourth-order valence-corrected chi connectivity index (χ4v) is 4.54. The van der Waals surface area contributed by atoms with Crippen LogP contribution in [0.5, 0.6) is 0 Å². The molecule has 0 unspecified atom stereocenters. The molecule has 1 saturated heterocycles. The highest BCUT2D eigenvalue weighted by molar-refractivity contribution is 5.84. The van der Waals surface area contributed by atoms with E-state index in [1.54, 1.807) is 0 Å². The van der Waals surface area contributed by atoms with Gasteiger partial charge in [0.05, 0.1) is 57.7 Å². The summed E-state index contributed by atoms with van der Waals surface area (Å²) >= 11 is 0. The van der Waals surface area contributed by atoms with Gasteiger partial charge in [0.2, 0.25) is 0 Å². The monoisotopic (exact) mass is 635 g/mol. The van der Waals surface area contributed by atoms with E-state index in [0.717, 1.165) is 21.9 Å². The van der Waals surface area contributed by atoms with Crippen molar-refractivity contribution in [1.29, 1.82) is 0 Å². The van der Waals surface area contributed by atoms with Crippen LogP contribution in [0.4, 0.5) is 10.6 Å². The van der Waals surface area contributed by atoms with Crippen LogP contribution >= 0.6 is 0 Å². The number of carbonyl (C=O) groups is 2. The summed E-state index contributed by atoms with van der Waals surface area (Å²) in [4.78, 5) is 41.2. The molecule has 1 aliphatic rings. The molecule has 1 aromatic heterocycles. The Kier molecular flexibility index (Phi) is 13.3. The molecule has 1 amide bonds.